The lowest BCUT2D eigenvalue weighted by Gasteiger charge is -2.22. The van der Waals surface area contributed by atoms with Gasteiger partial charge in [0.1, 0.15) is 5.75 Å². The molecule has 0 aliphatic carbocycles. The third-order valence-corrected chi connectivity index (χ3v) is 4.89. The summed E-state index contributed by atoms with van der Waals surface area (Å²) in [5.74, 6) is 1.24. The molecule has 0 spiro atoms. The first-order valence-electron chi connectivity index (χ1n) is 9.22. The van der Waals surface area contributed by atoms with Crippen molar-refractivity contribution in [2.24, 2.45) is 10.9 Å². The third-order valence-electron chi connectivity index (χ3n) is 3.93. The van der Waals surface area contributed by atoms with Crippen LogP contribution in [0.5, 0.6) is 5.75 Å². The van der Waals surface area contributed by atoms with Crippen LogP contribution in [0, 0.1) is 5.92 Å². The SMILES string of the molecule is CC(C)COc1ccc(/C=C2\SC(=Nc3ccccc3)N(N(C)C)C2=O)cc1. The number of carbonyl (C=O) groups excluding carboxylic acids is 1. The zero-order valence-electron chi connectivity index (χ0n) is 16.6. The van der Waals surface area contributed by atoms with Crippen LogP contribution in [0.1, 0.15) is 19.4 Å². The van der Waals surface area contributed by atoms with Crippen LogP contribution in [0.4, 0.5) is 5.69 Å². The van der Waals surface area contributed by atoms with Crippen molar-refractivity contribution in [1.82, 2.24) is 10.0 Å². The van der Waals surface area contributed by atoms with Crippen molar-refractivity contribution in [3.63, 3.8) is 0 Å². The van der Waals surface area contributed by atoms with E-state index >= 15 is 0 Å². The zero-order chi connectivity index (χ0) is 20.1. The van der Waals surface area contributed by atoms with Crippen LogP contribution < -0.4 is 4.74 Å². The van der Waals surface area contributed by atoms with Gasteiger partial charge in [0.25, 0.3) is 5.91 Å². The summed E-state index contributed by atoms with van der Waals surface area (Å²) in [6.07, 6.45) is 1.89. The molecule has 0 aromatic heterocycles. The monoisotopic (exact) mass is 395 g/mol. The maximum Gasteiger partial charge on any atom is 0.281 e. The van der Waals surface area contributed by atoms with E-state index in [1.54, 1.807) is 10.0 Å². The number of rotatable bonds is 6. The van der Waals surface area contributed by atoms with Crippen LogP contribution in [0.25, 0.3) is 6.08 Å². The number of para-hydroxylation sites is 1. The summed E-state index contributed by atoms with van der Waals surface area (Å²) in [6.45, 7) is 4.92. The second-order valence-electron chi connectivity index (χ2n) is 7.08. The van der Waals surface area contributed by atoms with Crippen molar-refractivity contribution >= 4 is 34.6 Å². The van der Waals surface area contributed by atoms with E-state index in [4.69, 9.17) is 4.74 Å². The van der Waals surface area contributed by atoms with Crippen molar-refractivity contribution in [3.05, 3.63) is 65.1 Å². The fraction of sp³-hybridized carbons (Fsp3) is 0.273. The minimum absolute atomic E-state index is 0.0789. The van der Waals surface area contributed by atoms with Gasteiger partial charge in [-0.3, -0.25) is 4.79 Å². The summed E-state index contributed by atoms with van der Waals surface area (Å²) in [7, 11) is 3.67. The molecular formula is C22H25N3O2S. The van der Waals surface area contributed by atoms with Gasteiger partial charge in [-0.2, -0.15) is 0 Å². The number of hydrogen-bond donors (Lipinski definition) is 0. The van der Waals surface area contributed by atoms with Gasteiger partial charge in [0.15, 0.2) is 5.17 Å². The Morgan fingerprint density at radius 2 is 1.79 bits per heavy atom. The lowest BCUT2D eigenvalue weighted by Crippen LogP contribution is -2.40. The number of hydrazine groups is 1. The Hall–Kier alpha value is -2.57. The van der Waals surface area contributed by atoms with Gasteiger partial charge in [0.2, 0.25) is 0 Å². The van der Waals surface area contributed by atoms with Crippen LogP contribution >= 0.6 is 11.8 Å². The van der Waals surface area contributed by atoms with Crippen LogP contribution in [-0.4, -0.2) is 41.8 Å². The molecule has 1 fully saturated rings. The van der Waals surface area contributed by atoms with Gasteiger partial charge < -0.3 is 4.74 Å². The van der Waals surface area contributed by atoms with E-state index in [9.17, 15) is 4.79 Å². The Morgan fingerprint density at radius 1 is 1.11 bits per heavy atom. The fourth-order valence-electron chi connectivity index (χ4n) is 2.58. The maximum absolute atomic E-state index is 12.9. The number of aliphatic imine (C=N–C) groups is 1. The van der Waals surface area contributed by atoms with Crippen molar-refractivity contribution in [2.45, 2.75) is 13.8 Å². The average Bonchev–Trinajstić information content (AvgIpc) is 2.97. The zero-order valence-corrected chi connectivity index (χ0v) is 17.4. The van der Waals surface area contributed by atoms with Crippen molar-refractivity contribution < 1.29 is 9.53 Å². The number of benzene rings is 2. The molecule has 146 valence electrons. The number of nitrogens with zero attached hydrogens (tertiary/aromatic N) is 3. The summed E-state index contributed by atoms with van der Waals surface area (Å²) >= 11 is 1.38. The van der Waals surface area contributed by atoms with E-state index in [1.165, 1.54) is 11.8 Å². The van der Waals surface area contributed by atoms with Gasteiger partial charge in [0, 0.05) is 14.1 Å². The predicted octanol–water partition coefficient (Wildman–Crippen LogP) is 4.80. The molecule has 1 aliphatic heterocycles. The smallest absolute Gasteiger partial charge is 0.281 e. The fourth-order valence-corrected chi connectivity index (χ4v) is 3.63. The molecule has 1 saturated heterocycles. The molecule has 2 aromatic carbocycles. The molecule has 1 heterocycles. The van der Waals surface area contributed by atoms with Gasteiger partial charge in [-0.05, 0) is 53.6 Å². The molecule has 0 unspecified atom stereocenters. The third kappa shape index (κ3) is 5.03. The van der Waals surface area contributed by atoms with E-state index in [2.05, 4.69) is 18.8 Å². The Labute approximate surface area is 170 Å². The van der Waals surface area contributed by atoms with Gasteiger partial charge in [-0.1, -0.05) is 44.2 Å². The minimum atomic E-state index is -0.0789. The van der Waals surface area contributed by atoms with Gasteiger partial charge >= 0.3 is 0 Å². The predicted molar refractivity (Wildman–Crippen MR) is 116 cm³/mol. The number of hydrogen-bond acceptors (Lipinski definition) is 5. The minimum Gasteiger partial charge on any atom is -0.493 e. The Morgan fingerprint density at radius 3 is 2.39 bits per heavy atom. The molecule has 0 radical (unpaired) electrons. The molecule has 0 saturated carbocycles. The van der Waals surface area contributed by atoms with E-state index < -0.39 is 0 Å². The first-order valence-corrected chi connectivity index (χ1v) is 10.0. The number of amidine groups is 1. The molecule has 1 aliphatic rings. The Bertz CT molecular complexity index is 874. The van der Waals surface area contributed by atoms with E-state index in [0.29, 0.717) is 22.6 Å². The molecule has 0 atom stereocenters. The van der Waals surface area contributed by atoms with Crippen LogP contribution in [-0.2, 0) is 4.79 Å². The number of ether oxygens (including phenoxy) is 1. The second kappa shape index (κ2) is 9.08. The topological polar surface area (TPSA) is 45.1 Å². The van der Waals surface area contributed by atoms with Gasteiger partial charge in [-0.25, -0.2) is 15.0 Å². The maximum atomic E-state index is 12.9. The summed E-state index contributed by atoms with van der Waals surface area (Å²) in [6, 6.07) is 17.4. The number of amides is 1. The van der Waals surface area contributed by atoms with Gasteiger partial charge in [0.05, 0.1) is 17.2 Å². The molecule has 0 N–H and O–H groups in total. The second-order valence-corrected chi connectivity index (χ2v) is 8.09. The molecule has 28 heavy (non-hydrogen) atoms. The standard InChI is InChI=1S/C22H25N3O2S/c1-16(2)15-27-19-12-10-17(11-13-19)14-20-21(26)25(24(3)4)22(28-20)23-18-8-6-5-7-9-18/h5-14,16H,15H2,1-4H3/b20-14-,23-22?. The first-order chi connectivity index (χ1) is 13.4. The number of carbonyl (C=O) groups is 1. The molecule has 0 bridgehead atoms. The van der Waals surface area contributed by atoms with E-state index in [1.807, 2.05) is 74.8 Å². The van der Waals surface area contributed by atoms with Crippen LogP contribution in [0.3, 0.4) is 0 Å². The Kier molecular flexibility index (Phi) is 6.54. The molecule has 2 aromatic rings. The molecular weight excluding hydrogens is 370 g/mol. The largest absolute Gasteiger partial charge is 0.493 e. The normalized spacial score (nSPS) is 17.4. The molecule has 3 rings (SSSR count). The molecule has 6 heteroatoms. The van der Waals surface area contributed by atoms with Crippen molar-refractivity contribution in [1.29, 1.82) is 0 Å². The van der Waals surface area contributed by atoms with Gasteiger partial charge in [-0.15, -0.1) is 0 Å². The highest BCUT2D eigenvalue weighted by atomic mass is 32.2. The number of thioether (sulfide) groups is 1. The van der Waals surface area contributed by atoms with E-state index in [0.717, 1.165) is 17.0 Å². The highest BCUT2D eigenvalue weighted by Crippen LogP contribution is 2.34. The highest BCUT2D eigenvalue weighted by molar-refractivity contribution is 8.18. The molecule has 1 amide bonds. The van der Waals surface area contributed by atoms with Crippen molar-refractivity contribution in [3.8, 4) is 5.75 Å². The van der Waals surface area contributed by atoms with E-state index in [-0.39, 0.29) is 5.91 Å². The Balaban J connectivity index is 1.82. The summed E-state index contributed by atoms with van der Waals surface area (Å²) in [5.41, 5.74) is 1.77. The van der Waals surface area contributed by atoms with Crippen LogP contribution in [0.2, 0.25) is 0 Å². The summed E-state index contributed by atoms with van der Waals surface area (Å²) in [4.78, 5) is 18.2. The lowest BCUT2D eigenvalue weighted by atomic mass is 10.2. The first kappa shape index (κ1) is 20.2. The van der Waals surface area contributed by atoms with Crippen LogP contribution in [0.15, 0.2) is 64.5 Å². The average molecular weight is 396 g/mol. The summed E-state index contributed by atoms with van der Waals surface area (Å²) < 4.78 is 5.72. The van der Waals surface area contributed by atoms with Crippen molar-refractivity contribution in [2.75, 3.05) is 20.7 Å². The lowest BCUT2D eigenvalue weighted by molar-refractivity contribution is -0.130. The quantitative estimate of drug-likeness (QED) is 0.659. The highest BCUT2D eigenvalue weighted by Gasteiger charge is 2.35. The summed E-state index contributed by atoms with van der Waals surface area (Å²) in [5, 5.41) is 3.98. The molecule has 5 nitrogen and oxygen atoms in total.